The van der Waals surface area contributed by atoms with E-state index in [-0.39, 0.29) is 6.23 Å². The topological polar surface area (TPSA) is 17.4 Å². The molecule has 3 aromatic rings. The molecule has 3 heteroatoms. The van der Waals surface area contributed by atoms with Gasteiger partial charge in [0.1, 0.15) is 6.23 Å². The zero-order valence-electron chi connectivity index (χ0n) is 14.6. The third-order valence-corrected chi connectivity index (χ3v) is 4.87. The molecule has 1 fully saturated rings. The summed E-state index contributed by atoms with van der Waals surface area (Å²) in [5.74, 6) is 0. The third-order valence-electron chi connectivity index (χ3n) is 4.87. The summed E-state index contributed by atoms with van der Waals surface area (Å²) in [5.41, 5.74) is 5.16. The van der Waals surface area contributed by atoms with Crippen LogP contribution in [0.4, 0.5) is 0 Å². The number of ether oxygens (including phenoxy) is 1. The van der Waals surface area contributed by atoms with Gasteiger partial charge < -0.3 is 9.30 Å². The number of hydrogen-bond acceptors (Lipinski definition) is 2. The molecule has 0 aliphatic carbocycles. The van der Waals surface area contributed by atoms with Crippen molar-refractivity contribution in [2.24, 2.45) is 0 Å². The average Bonchev–Trinajstić information content (AvgIpc) is 3.31. The minimum Gasteiger partial charge on any atom is -0.357 e. The van der Waals surface area contributed by atoms with Crippen LogP contribution in [0.25, 0.3) is 5.69 Å². The van der Waals surface area contributed by atoms with E-state index in [1.165, 1.54) is 22.4 Å². The lowest BCUT2D eigenvalue weighted by Gasteiger charge is -2.22. The fourth-order valence-corrected chi connectivity index (χ4v) is 3.56. The second-order valence-corrected chi connectivity index (χ2v) is 6.51. The van der Waals surface area contributed by atoms with Crippen molar-refractivity contribution in [1.82, 2.24) is 9.47 Å². The summed E-state index contributed by atoms with van der Waals surface area (Å²) in [6.07, 6.45) is 5.42. The SMILES string of the molecule is CCc1ccccc1-n1ccc(C2OCCN2Cc2ccccc2)c1. The largest absolute Gasteiger partial charge is 0.357 e. The van der Waals surface area contributed by atoms with Crippen LogP contribution in [0.3, 0.4) is 0 Å². The molecule has 1 saturated heterocycles. The van der Waals surface area contributed by atoms with Crippen LogP contribution in [0.1, 0.15) is 29.8 Å². The smallest absolute Gasteiger partial charge is 0.138 e. The highest BCUT2D eigenvalue weighted by Gasteiger charge is 2.27. The Balaban J connectivity index is 1.56. The van der Waals surface area contributed by atoms with E-state index < -0.39 is 0 Å². The normalized spacial score (nSPS) is 17.9. The highest BCUT2D eigenvalue weighted by molar-refractivity contribution is 5.42. The van der Waals surface area contributed by atoms with E-state index in [4.69, 9.17) is 4.74 Å². The van der Waals surface area contributed by atoms with Crippen molar-refractivity contribution in [3.8, 4) is 5.69 Å². The molecule has 128 valence electrons. The van der Waals surface area contributed by atoms with E-state index >= 15 is 0 Å². The summed E-state index contributed by atoms with van der Waals surface area (Å²) in [5, 5.41) is 0. The fourth-order valence-electron chi connectivity index (χ4n) is 3.56. The summed E-state index contributed by atoms with van der Waals surface area (Å²) < 4.78 is 8.26. The summed E-state index contributed by atoms with van der Waals surface area (Å²) in [6, 6.07) is 21.4. The van der Waals surface area contributed by atoms with Gasteiger partial charge in [-0.05, 0) is 29.7 Å². The van der Waals surface area contributed by atoms with E-state index in [1.54, 1.807) is 0 Å². The van der Waals surface area contributed by atoms with Crippen LogP contribution in [-0.2, 0) is 17.7 Å². The van der Waals surface area contributed by atoms with Crippen molar-refractivity contribution >= 4 is 0 Å². The van der Waals surface area contributed by atoms with E-state index in [1.807, 2.05) is 0 Å². The van der Waals surface area contributed by atoms with Gasteiger partial charge in [-0.25, -0.2) is 0 Å². The first-order valence-electron chi connectivity index (χ1n) is 9.01. The molecule has 0 amide bonds. The first kappa shape index (κ1) is 16.1. The van der Waals surface area contributed by atoms with Gasteiger partial charge in [0.2, 0.25) is 0 Å². The number of para-hydroxylation sites is 1. The van der Waals surface area contributed by atoms with Crippen LogP contribution in [-0.4, -0.2) is 22.6 Å². The lowest BCUT2D eigenvalue weighted by molar-refractivity contribution is 0.0288. The maximum atomic E-state index is 6.04. The average molecular weight is 332 g/mol. The number of hydrogen-bond donors (Lipinski definition) is 0. The Bertz CT molecular complexity index is 825. The fraction of sp³-hybridized carbons (Fsp3) is 0.273. The Labute approximate surface area is 149 Å². The Kier molecular flexibility index (Phi) is 4.68. The van der Waals surface area contributed by atoms with Gasteiger partial charge in [0.05, 0.1) is 6.61 Å². The molecule has 0 N–H and O–H groups in total. The third kappa shape index (κ3) is 3.39. The molecular weight excluding hydrogens is 308 g/mol. The van der Waals surface area contributed by atoms with Gasteiger partial charge in [0, 0.05) is 36.7 Å². The Morgan fingerprint density at radius 3 is 2.64 bits per heavy atom. The molecule has 2 aromatic carbocycles. The molecular formula is C22H24N2O. The minimum atomic E-state index is 0.0373. The Morgan fingerprint density at radius 2 is 1.80 bits per heavy atom. The molecule has 1 unspecified atom stereocenters. The standard InChI is InChI=1S/C22H24N2O/c1-2-19-10-6-7-11-21(19)23-13-12-20(17-23)22-24(14-15-25-22)16-18-8-4-3-5-9-18/h3-13,17,22H,2,14-16H2,1H3. The highest BCUT2D eigenvalue weighted by Crippen LogP contribution is 2.29. The molecule has 2 heterocycles. The lowest BCUT2D eigenvalue weighted by atomic mass is 10.1. The van der Waals surface area contributed by atoms with Gasteiger partial charge >= 0.3 is 0 Å². The van der Waals surface area contributed by atoms with E-state index in [0.29, 0.717) is 0 Å². The summed E-state index contributed by atoms with van der Waals surface area (Å²) in [4.78, 5) is 2.40. The van der Waals surface area contributed by atoms with Crippen LogP contribution >= 0.6 is 0 Å². The predicted octanol–water partition coefficient (Wildman–Crippen LogP) is 4.57. The van der Waals surface area contributed by atoms with Gasteiger partial charge in [-0.3, -0.25) is 4.90 Å². The van der Waals surface area contributed by atoms with Gasteiger partial charge in [0.15, 0.2) is 0 Å². The highest BCUT2D eigenvalue weighted by atomic mass is 16.5. The molecule has 1 aromatic heterocycles. The molecule has 0 radical (unpaired) electrons. The van der Waals surface area contributed by atoms with E-state index in [9.17, 15) is 0 Å². The Morgan fingerprint density at radius 1 is 1.00 bits per heavy atom. The van der Waals surface area contributed by atoms with Gasteiger partial charge in [0.25, 0.3) is 0 Å². The second kappa shape index (κ2) is 7.26. The van der Waals surface area contributed by atoms with Gasteiger partial charge in [-0.1, -0.05) is 55.5 Å². The van der Waals surface area contributed by atoms with Crippen LogP contribution < -0.4 is 0 Å². The maximum absolute atomic E-state index is 6.04. The monoisotopic (exact) mass is 332 g/mol. The Hall–Kier alpha value is -2.36. The predicted molar refractivity (Wildman–Crippen MR) is 101 cm³/mol. The summed E-state index contributed by atoms with van der Waals surface area (Å²) >= 11 is 0. The molecule has 1 aliphatic heterocycles. The number of aryl methyl sites for hydroxylation is 1. The first-order chi connectivity index (χ1) is 12.3. The lowest BCUT2D eigenvalue weighted by Crippen LogP contribution is -2.23. The van der Waals surface area contributed by atoms with Crippen molar-refractivity contribution < 1.29 is 4.74 Å². The quantitative estimate of drug-likeness (QED) is 0.681. The maximum Gasteiger partial charge on any atom is 0.138 e. The molecule has 0 spiro atoms. The van der Waals surface area contributed by atoms with Crippen molar-refractivity contribution in [3.05, 3.63) is 89.7 Å². The molecule has 4 rings (SSSR count). The molecule has 0 saturated carbocycles. The summed E-state index contributed by atoms with van der Waals surface area (Å²) in [6.45, 7) is 4.87. The zero-order valence-corrected chi connectivity index (χ0v) is 14.6. The number of nitrogens with zero attached hydrogens (tertiary/aromatic N) is 2. The molecule has 3 nitrogen and oxygen atoms in total. The number of benzene rings is 2. The van der Waals surface area contributed by atoms with Crippen LogP contribution in [0.15, 0.2) is 73.1 Å². The number of rotatable bonds is 5. The molecule has 1 atom stereocenters. The van der Waals surface area contributed by atoms with Crippen molar-refractivity contribution in [3.63, 3.8) is 0 Å². The summed E-state index contributed by atoms with van der Waals surface area (Å²) in [7, 11) is 0. The van der Waals surface area contributed by atoms with E-state index in [2.05, 4.69) is 89.4 Å². The first-order valence-corrected chi connectivity index (χ1v) is 9.01. The van der Waals surface area contributed by atoms with Crippen molar-refractivity contribution in [1.29, 1.82) is 0 Å². The minimum absolute atomic E-state index is 0.0373. The van der Waals surface area contributed by atoms with Crippen LogP contribution in [0.5, 0.6) is 0 Å². The number of aromatic nitrogens is 1. The van der Waals surface area contributed by atoms with Gasteiger partial charge in [-0.2, -0.15) is 0 Å². The molecule has 25 heavy (non-hydrogen) atoms. The van der Waals surface area contributed by atoms with Crippen molar-refractivity contribution in [2.75, 3.05) is 13.2 Å². The van der Waals surface area contributed by atoms with E-state index in [0.717, 1.165) is 26.1 Å². The van der Waals surface area contributed by atoms with Crippen LogP contribution in [0, 0.1) is 0 Å². The van der Waals surface area contributed by atoms with Crippen molar-refractivity contribution in [2.45, 2.75) is 26.1 Å². The molecule has 1 aliphatic rings. The zero-order chi connectivity index (χ0) is 17.1. The van der Waals surface area contributed by atoms with Gasteiger partial charge in [-0.15, -0.1) is 0 Å². The van der Waals surface area contributed by atoms with Crippen LogP contribution in [0.2, 0.25) is 0 Å². The molecule has 0 bridgehead atoms. The second-order valence-electron chi connectivity index (χ2n) is 6.51.